The van der Waals surface area contributed by atoms with Gasteiger partial charge in [-0.05, 0) is 31.2 Å². The Morgan fingerprint density at radius 2 is 1.63 bits per heavy atom. The molecule has 2 aliphatic rings. The number of aliphatic hydroxyl groups excluding tert-OH is 1. The number of amides is 1. The summed E-state index contributed by atoms with van der Waals surface area (Å²) in [5.41, 5.74) is 0.619. The topological polar surface area (TPSA) is 220 Å². The van der Waals surface area contributed by atoms with Gasteiger partial charge in [0.25, 0.3) is 11.5 Å². The first-order chi connectivity index (χ1) is 26.2. The molecule has 3 aromatic heterocycles. The molecule has 2 fully saturated rings. The molecule has 19 heteroatoms. The molecule has 0 saturated carbocycles. The molecule has 7 rings (SSSR count). The highest BCUT2D eigenvalue weighted by Gasteiger charge is 2.43. The molecule has 2 aliphatic heterocycles. The zero-order chi connectivity index (χ0) is 37.8. The Morgan fingerprint density at radius 3 is 2.35 bits per heavy atom. The Kier molecular flexibility index (Phi) is 11.3. The number of fused-ring (bicyclic) bond motifs is 1. The van der Waals surface area contributed by atoms with Crippen LogP contribution < -0.4 is 16.6 Å². The predicted molar refractivity (Wildman–Crippen MR) is 190 cm³/mol. The van der Waals surface area contributed by atoms with Gasteiger partial charge in [-0.25, -0.2) is 24.5 Å². The van der Waals surface area contributed by atoms with Crippen molar-refractivity contribution in [2.45, 2.75) is 56.6 Å². The number of ether oxygens (including phenoxy) is 3. The van der Waals surface area contributed by atoms with Crippen LogP contribution >= 0.6 is 8.60 Å². The number of hydrogen-bond donors (Lipinski definition) is 3. The number of H-pyrrole nitrogens is 1. The van der Waals surface area contributed by atoms with Crippen molar-refractivity contribution in [2.24, 2.45) is 0 Å². The molecule has 0 spiro atoms. The number of aryl methyl sites for hydroxylation is 1. The number of carbonyl (C=O) groups excluding carboxylic acids is 2. The minimum atomic E-state index is -2.06. The van der Waals surface area contributed by atoms with Gasteiger partial charge in [0.05, 0.1) is 31.2 Å². The predicted octanol–water partition coefficient (Wildman–Crippen LogP) is 3.01. The van der Waals surface area contributed by atoms with Gasteiger partial charge in [0, 0.05) is 37.3 Å². The molecule has 0 aliphatic carbocycles. The zero-order valence-corrected chi connectivity index (χ0v) is 29.9. The molecule has 0 radical (unpaired) electrons. The Hall–Kier alpha value is -5.20. The highest BCUT2D eigenvalue weighted by atomic mass is 31.2. The van der Waals surface area contributed by atoms with Crippen LogP contribution in [0, 0.1) is 6.92 Å². The third-order valence-corrected chi connectivity index (χ3v) is 10.0. The first-order valence-electron chi connectivity index (χ1n) is 16.9. The van der Waals surface area contributed by atoms with E-state index in [-0.39, 0.29) is 37.8 Å². The molecule has 282 valence electrons. The molecule has 3 N–H and O–H groups in total. The zero-order valence-electron chi connectivity index (χ0n) is 29.0. The van der Waals surface area contributed by atoms with E-state index in [4.69, 9.17) is 27.8 Å². The second-order valence-corrected chi connectivity index (χ2v) is 13.7. The molecule has 2 aromatic carbocycles. The van der Waals surface area contributed by atoms with Gasteiger partial charge in [-0.1, -0.05) is 36.4 Å². The van der Waals surface area contributed by atoms with E-state index < -0.39 is 62.7 Å². The van der Waals surface area contributed by atoms with Gasteiger partial charge in [-0.15, -0.1) is 0 Å². The number of nitrogens with one attached hydrogen (secondary N) is 2. The summed E-state index contributed by atoms with van der Waals surface area (Å²) >= 11 is 0. The summed E-state index contributed by atoms with van der Waals surface area (Å²) in [6.45, 7) is 1.01. The molecule has 1 unspecified atom stereocenters. The lowest BCUT2D eigenvalue weighted by atomic mass is 10.1. The number of rotatable bonds is 13. The average Bonchev–Trinajstić information content (AvgIpc) is 3.92. The number of nitrogens with zero attached hydrogens (tertiary/aromatic N) is 5. The van der Waals surface area contributed by atoms with Gasteiger partial charge in [0.15, 0.2) is 17.0 Å². The van der Waals surface area contributed by atoms with E-state index in [9.17, 15) is 24.3 Å². The molecular formula is C35H36N7O11P. The Balaban J connectivity index is 1.03. The fourth-order valence-corrected chi connectivity index (χ4v) is 7.13. The lowest BCUT2D eigenvalue weighted by molar-refractivity contribution is -0.0562. The molecule has 5 heterocycles. The first-order valence-corrected chi connectivity index (χ1v) is 18.0. The van der Waals surface area contributed by atoms with E-state index in [1.54, 1.807) is 66.1 Å². The lowest BCUT2D eigenvalue weighted by Crippen LogP contribution is -2.33. The minimum Gasteiger partial charge on any atom is -0.456 e. The number of imidazole rings is 1. The molecule has 18 nitrogen and oxygen atoms in total. The molecule has 2 saturated heterocycles. The van der Waals surface area contributed by atoms with E-state index in [2.05, 4.69) is 25.3 Å². The third-order valence-electron chi connectivity index (χ3n) is 8.92. The SMILES string of the molecule is COP(OC[C@H]1O[C@@H](n2cc(C)c(=O)[nH]c2=O)C[C@@H]1OC(=O)c1ccccc1)O[C@H]1C[C@H](n2cnc3c(NC(=O)c4ccccc4)ncnc32)O[C@@H]1CO. The quantitative estimate of drug-likeness (QED) is 0.116. The fourth-order valence-electron chi connectivity index (χ4n) is 6.17. The molecule has 0 bridgehead atoms. The number of hydrogen-bond acceptors (Lipinski definition) is 14. The standard InChI is InChI=1S/C35H36N7O11P/c1-20-15-41(35(47)40-32(20)44)27-13-23(52-34(46)22-11-7-4-8-12-22)26(51-27)17-49-54(48-2)53-24-14-28(50-25(24)16-43)42-19-38-29-30(36-18-37-31(29)42)39-33(45)21-9-5-3-6-10-21/h3-12,15,18-19,23-28,43H,13-14,16-17H2,1-2H3,(H,40,44,47)(H,36,37,39,45)/t23-,24-,25+,26+,27+,28+,54?/m0/s1. The maximum atomic E-state index is 13.0. The second kappa shape index (κ2) is 16.4. The van der Waals surface area contributed by atoms with Gasteiger partial charge in [0.2, 0.25) is 0 Å². The lowest BCUT2D eigenvalue weighted by Gasteiger charge is -2.24. The Morgan fingerprint density at radius 1 is 0.944 bits per heavy atom. The van der Waals surface area contributed by atoms with Crippen LogP contribution in [-0.2, 0) is 27.8 Å². The summed E-state index contributed by atoms with van der Waals surface area (Å²) < 4.78 is 38.8. The largest absolute Gasteiger partial charge is 0.456 e. The second-order valence-electron chi connectivity index (χ2n) is 12.4. The highest BCUT2D eigenvalue weighted by Crippen LogP contribution is 2.46. The number of aromatic amines is 1. The van der Waals surface area contributed by atoms with Crippen molar-refractivity contribution in [1.29, 1.82) is 0 Å². The van der Waals surface area contributed by atoms with Crippen LogP contribution in [0.15, 0.2) is 89.1 Å². The van der Waals surface area contributed by atoms with E-state index >= 15 is 0 Å². The van der Waals surface area contributed by atoms with Crippen LogP contribution in [0.2, 0.25) is 0 Å². The summed E-state index contributed by atoms with van der Waals surface area (Å²) in [7, 11) is -0.664. The van der Waals surface area contributed by atoms with E-state index in [1.807, 2.05) is 6.07 Å². The van der Waals surface area contributed by atoms with Crippen LogP contribution in [0.25, 0.3) is 11.2 Å². The van der Waals surface area contributed by atoms with Crippen LogP contribution in [0.1, 0.15) is 51.6 Å². The van der Waals surface area contributed by atoms with Gasteiger partial charge in [-0.3, -0.25) is 23.7 Å². The highest BCUT2D eigenvalue weighted by molar-refractivity contribution is 7.41. The first kappa shape index (κ1) is 37.1. The molecule has 54 heavy (non-hydrogen) atoms. The van der Waals surface area contributed by atoms with E-state index in [1.165, 1.54) is 30.5 Å². The molecular weight excluding hydrogens is 725 g/mol. The monoisotopic (exact) mass is 761 g/mol. The number of aromatic nitrogens is 6. The summed E-state index contributed by atoms with van der Waals surface area (Å²) in [6, 6.07) is 17.1. The van der Waals surface area contributed by atoms with Crippen LogP contribution in [0.4, 0.5) is 5.82 Å². The van der Waals surface area contributed by atoms with Crippen LogP contribution in [-0.4, -0.2) is 90.8 Å². The summed E-state index contributed by atoms with van der Waals surface area (Å²) in [5, 5.41) is 13.0. The molecule has 5 aromatic rings. The molecule has 7 atom stereocenters. The normalized spacial score (nSPS) is 23.0. The summed E-state index contributed by atoms with van der Waals surface area (Å²) in [5.74, 6) is -0.727. The summed E-state index contributed by atoms with van der Waals surface area (Å²) in [4.78, 5) is 65.8. The maximum Gasteiger partial charge on any atom is 0.338 e. The number of esters is 1. The van der Waals surface area contributed by atoms with Gasteiger partial charge < -0.3 is 38.2 Å². The third kappa shape index (κ3) is 8.00. The number of aliphatic hydroxyl groups is 1. The van der Waals surface area contributed by atoms with Crippen molar-refractivity contribution < 1.29 is 42.5 Å². The minimum absolute atomic E-state index is 0.0918. The summed E-state index contributed by atoms with van der Waals surface area (Å²) in [6.07, 6.45) is -0.203. The number of benzene rings is 2. The Labute approximate surface area is 308 Å². The van der Waals surface area contributed by atoms with Crippen LogP contribution in [0.5, 0.6) is 0 Å². The number of carbonyl (C=O) groups is 2. The van der Waals surface area contributed by atoms with Crippen molar-refractivity contribution in [3.63, 3.8) is 0 Å². The fraction of sp³-hybridized carbons (Fsp3) is 0.343. The van der Waals surface area contributed by atoms with Crippen molar-refractivity contribution in [3.05, 3.63) is 117 Å². The van der Waals surface area contributed by atoms with Gasteiger partial charge in [0.1, 0.15) is 37.1 Å². The smallest absolute Gasteiger partial charge is 0.338 e. The average molecular weight is 762 g/mol. The van der Waals surface area contributed by atoms with Gasteiger partial charge in [-0.2, -0.15) is 0 Å². The van der Waals surface area contributed by atoms with Crippen molar-refractivity contribution in [2.75, 3.05) is 25.6 Å². The number of anilines is 1. The van der Waals surface area contributed by atoms with Crippen molar-refractivity contribution >= 4 is 37.5 Å². The van der Waals surface area contributed by atoms with Crippen molar-refractivity contribution in [3.8, 4) is 0 Å². The van der Waals surface area contributed by atoms with Crippen molar-refractivity contribution in [1.82, 2.24) is 29.1 Å². The van der Waals surface area contributed by atoms with E-state index in [0.717, 1.165) is 0 Å². The van der Waals surface area contributed by atoms with E-state index in [0.29, 0.717) is 27.9 Å². The Bertz CT molecular complexity index is 2220. The molecule has 1 amide bonds. The van der Waals surface area contributed by atoms with Crippen LogP contribution in [0.3, 0.4) is 0 Å². The maximum absolute atomic E-state index is 13.0. The van der Waals surface area contributed by atoms with Gasteiger partial charge >= 0.3 is 20.3 Å².